The summed E-state index contributed by atoms with van der Waals surface area (Å²) in [5.41, 5.74) is 1.29. The molecule has 1 aliphatic heterocycles. The van der Waals surface area contributed by atoms with Crippen molar-refractivity contribution in [1.82, 2.24) is 0 Å². The quantitative estimate of drug-likeness (QED) is 0.616. The van der Waals surface area contributed by atoms with Crippen LogP contribution < -0.4 is 9.47 Å². The van der Waals surface area contributed by atoms with E-state index in [-0.39, 0.29) is 6.79 Å². The number of hydrogen-bond donors (Lipinski definition) is 0. The first kappa shape index (κ1) is 16.6. The third-order valence-electron chi connectivity index (χ3n) is 3.56. The van der Waals surface area contributed by atoms with Crippen LogP contribution in [0.25, 0.3) is 6.08 Å². The van der Waals surface area contributed by atoms with Gasteiger partial charge in [0, 0.05) is 11.6 Å². The monoisotopic (exact) mass is 340 g/mol. The van der Waals surface area contributed by atoms with Crippen molar-refractivity contribution in [2.75, 3.05) is 13.9 Å². The Morgan fingerprint density at radius 3 is 2.60 bits per heavy atom. The molecule has 0 aromatic heterocycles. The molecule has 1 atom stereocenters. The van der Waals surface area contributed by atoms with Gasteiger partial charge in [0.1, 0.15) is 0 Å². The number of benzene rings is 2. The van der Waals surface area contributed by atoms with Crippen LogP contribution in [0.3, 0.4) is 0 Å². The topological polar surface area (TPSA) is 71.1 Å². The molecule has 128 valence electrons. The second kappa shape index (κ2) is 7.53. The summed E-state index contributed by atoms with van der Waals surface area (Å²) in [4.78, 5) is 24.0. The highest BCUT2D eigenvalue weighted by atomic mass is 16.7. The first-order valence-corrected chi connectivity index (χ1v) is 7.58. The number of ether oxygens (including phenoxy) is 4. The minimum atomic E-state index is -1.11. The summed E-state index contributed by atoms with van der Waals surface area (Å²) in [5.74, 6) is -0.0188. The van der Waals surface area contributed by atoms with Crippen LogP contribution in [0, 0.1) is 0 Å². The van der Waals surface area contributed by atoms with Gasteiger partial charge in [-0.15, -0.1) is 0 Å². The fraction of sp³-hybridized carbons (Fsp3) is 0.158. The standard InChI is InChI=1S/C19H16O6/c1-22-19(21)18(14-5-3-2-4-6-14)25-17(20)10-8-13-7-9-15-16(11-13)24-12-23-15/h2-11,18H,12H2,1H3/b10-8+. The number of methoxy groups -OCH3 is 1. The van der Waals surface area contributed by atoms with E-state index in [0.29, 0.717) is 17.1 Å². The third kappa shape index (κ3) is 3.98. The van der Waals surface area contributed by atoms with Crippen molar-refractivity contribution in [3.8, 4) is 11.5 Å². The number of fused-ring (bicyclic) bond motifs is 1. The van der Waals surface area contributed by atoms with Gasteiger partial charge in [-0.25, -0.2) is 9.59 Å². The average molecular weight is 340 g/mol. The summed E-state index contributed by atoms with van der Waals surface area (Å²) in [6.45, 7) is 0.183. The molecule has 25 heavy (non-hydrogen) atoms. The van der Waals surface area contributed by atoms with Gasteiger partial charge in [0.25, 0.3) is 0 Å². The van der Waals surface area contributed by atoms with Crippen molar-refractivity contribution in [2.24, 2.45) is 0 Å². The summed E-state index contributed by atoms with van der Waals surface area (Å²) in [7, 11) is 1.24. The fourth-order valence-electron chi connectivity index (χ4n) is 2.32. The van der Waals surface area contributed by atoms with Crippen molar-refractivity contribution in [1.29, 1.82) is 0 Å². The van der Waals surface area contributed by atoms with Crippen molar-refractivity contribution < 1.29 is 28.5 Å². The predicted molar refractivity (Wildman–Crippen MR) is 88.9 cm³/mol. The van der Waals surface area contributed by atoms with E-state index in [1.807, 2.05) is 0 Å². The normalized spacial score (nSPS) is 13.5. The zero-order valence-electron chi connectivity index (χ0n) is 13.5. The zero-order chi connectivity index (χ0) is 17.6. The van der Waals surface area contributed by atoms with Crippen molar-refractivity contribution in [2.45, 2.75) is 6.10 Å². The largest absolute Gasteiger partial charge is 0.466 e. The molecule has 1 unspecified atom stereocenters. The van der Waals surface area contributed by atoms with Crippen molar-refractivity contribution in [3.63, 3.8) is 0 Å². The molecule has 0 amide bonds. The molecule has 3 rings (SSSR count). The maximum absolute atomic E-state index is 12.1. The Morgan fingerprint density at radius 2 is 1.84 bits per heavy atom. The summed E-state index contributed by atoms with van der Waals surface area (Å²) in [6.07, 6.45) is 1.71. The highest BCUT2D eigenvalue weighted by molar-refractivity contribution is 5.89. The Bertz CT molecular complexity index is 797. The van der Waals surface area contributed by atoms with Crippen LogP contribution in [-0.4, -0.2) is 25.8 Å². The van der Waals surface area contributed by atoms with E-state index in [2.05, 4.69) is 0 Å². The summed E-state index contributed by atoms with van der Waals surface area (Å²) < 4.78 is 20.5. The first-order chi connectivity index (χ1) is 12.2. The second-order valence-corrected chi connectivity index (χ2v) is 5.20. The number of carbonyl (C=O) groups is 2. The van der Waals surface area contributed by atoms with Crippen LogP contribution in [-0.2, 0) is 19.1 Å². The molecule has 0 bridgehead atoms. The molecule has 0 saturated heterocycles. The van der Waals surface area contributed by atoms with E-state index in [9.17, 15) is 9.59 Å². The van der Waals surface area contributed by atoms with Gasteiger partial charge >= 0.3 is 11.9 Å². The molecule has 2 aromatic carbocycles. The van der Waals surface area contributed by atoms with Gasteiger partial charge < -0.3 is 18.9 Å². The van der Waals surface area contributed by atoms with Crippen LogP contribution in [0.2, 0.25) is 0 Å². The highest BCUT2D eigenvalue weighted by Gasteiger charge is 2.24. The van der Waals surface area contributed by atoms with E-state index in [1.54, 1.807) is 54.6 Å². The van der Waals surface area contributed by atoms with Gasteiger partial charge in [-0.05, 0) is 23.8 Å². The van der Waals surface area contributed by atoms with Crippen LogP contribution >= 0.6 is 0 Å². The molecular weight excluding hydrogens is 324 g/mol. The summed E-state index contributed by atoms with van der Waals surface area (Å²) in [5, 5.41) is 0. The fourth-order valence-corrected chi connectivity index (χ4v) is 2.32. The van der Waals surface area contributed by atoms with Crippen LogP contribution in [0.4, 0.5) is 0 Å². The molecule has 0 radical (unpaired) electrons. The van der Waals surface area contributed by atoms with E-state index in [1.165, 1.54) is 13.2 Å². The smallest absolute Gasteiger partial charge is 0.351 e. The Morgan fingerprint density at radius 1 is 1.08 bits per heavy atom. The Balaban J connectivity index is 1.70. The molecular formula is C19H16O6. The lowest BCUT2D eigenvalue weighted by Crippen LogP contribution is -2.20. The van der Waals surface area contributed by atoms with Gasteiger partial charge in [0.15, 0.2) is 11.5 Å². The molecule has 6 nitrogen and oxygen atoms in total. The Labute approximate surface area is 144 Å². The molecule has 2 aromatic rings. The zero-order valence-corrected chi connectivity index (χ0v) is 13.5. The molecule has 0 fully saturated rings. The van der Waals surface area contributed by atoms with Gasteiger partial charge in [-0.2, -0.15) is 0 Å². The van der Waals surface area contributed by atoms with Gasteiger partial charge in [0.2, 0.25) is 12.9 Å². The second-order valence-electron chi connectivity index (χ2n) is 5.20. The third-order valence-corrected chi connectivity index (χ3v) is 3.56. The lowest BCUT2D eigenvalue weighted by Gasteiger charge is -2.14. The number of hydrogen-bond acceptors (Lipinski definition) is 6. The van der Waals surface area contributed by atoms with Gasteiger partial charge in [-0.1, -0.05) is 36.4 Å². The summed E-state index contributed by atoms with van der Waals surface area (Å²) in [6, 6.07) is 14.0. The predicted octanol–water partition coefficient (Wildman–Crippen LogP) is 2.89. The first-order valence-electron chi connectivity index (χ1n) is 7.58. The number of esters is 2. The van der Waals surface area contributed by atoms with E-state index >= 15 is 0 Å². The lowest BCUT2D eigenvalue weighted by molar-refractivity contribution is -0.163. The number of rotatable bonds is 5. The van der Waals surface area contributed by atoms with Gasteiger partial charge in [0.05, 0.1) is 7.11 Å². The Kier molecular flexibility index (Phi) is 4.99. The van der Waals surface area contributed by atoms with Crippen molar-refractivity contribution in [3.05, 3.63) is 65.7 Å². The van der Waals surface area contributed by atoms with E-state index in [4.69, 9.17) is 18.9 Å². The Hall–Kier alpha value is -3.28. The minimum Gasteiger partial charge on any atom is -0.466 e. The molecule has 6 heteroatoms. The minimum absolute atomic E-state index is 0.183. The van der Waals surface area contributed by atoms with Crippen LogP contribution in [0.1, 0.15) is 17.2 Å². The SMILES string of the molecule is COC(=O)C(OC(=O)/C=C/c1ccc2c(c1)OCO2)c1ccccc1. The van der Waals surface area contributed by atoms with Crippen LogP contribution in [0.15, 0.2) is 54.6 Å². The average Bonchev–Trinajstić information content (AvgIpc) is 3.12. The summed E-state index contributed by atoms with van der Waals surface area (Å²) >= 11 is 0. The molecule has 0 saturated carbocycles. The van der Waals surface area contributed by atoms with E-state index in [0.717, 1.165) is 5.56 Å². The lowest BCUT2D eigenvalue weighted by atomic mass is 10.1. The molecule has 1 heterocycles. The molecule has 0 N–H and O–H groups in total. The van der Waals surface area contributed by atoms with Crippen molar-refractivity contribution >= 4 is 18.0 Å². The number of carbonyl (C=O) groups excluding carboxylic acids is 2. The molecule has 1 aliphatic rings. The molecule has 0 spiro atoms. The maximum atomic E-state index is 12.1. The maximum Gasteiger partial charge on any atom is 0.351 e. The van der Waals surface area contributed by atoms with Gasteiger partial charge in [-0.3, -0.25) is 0 Å². The van der Waals surface area contributed by atoms with E-state index < -0.39 is 18.0 Å². The highest BCUT2D eigenvalue weighted by Crippen LogP contribution is 2.32. The van der Waals surface area contributed by atoms with Crippen LogP contribution in [0.5, 0.6) is 11.5 Å². The molecule has 0 aliphatic carbocycles.